The summed E-state index contributed by atoms with van der Waals surface area (Å²) in [5.74, 6) is 0. The molecule has 4 atom stereocenters. The van der Waals surface area contributed by atoms with E-state index in [-0.39, 0.29) is 4.64 Å². The standard InChI is InChI=1S/C10H13FN2O4S/c1-10(11)7(15)5(4-14)17-8(10)13-3-2-6(18)12-9(13)16/h2-3,5,7-8,14-15H,4H2,1H3,(H,12,16,18)/t5-,7+,8-,10?/m1/s1/i4D2. The Kier molecular flexibility index (Phi) is 2.72. The number of nitrogens with one attached hydrogen (secondary N) is 1. The van der Waals surface area contributed by atoms with Crippen LogP contribution in [-0.2, 0) is 4.74 Å². The van der Waals surface area contributed by atoms with E-state index in [9.17, 15) is 19.4 Å². The molecule has 8 heteroatoms. The van der Waals surface area contributed by atoms with Crippen molar-refractivity contribution in [3.05, 3.63) is 27.4 Å². The highest BCUT2D eigenvalue weighted by Crippen LogP contribution is 2.40. The number of alkyl halides is 1. The summed E-state index contributed by atoms with van der Waals surface area (Å²) in [5, 5.41) is 19.1. The van der Waals surface area contributed by atoms with Gasteiger partial charge >= 0.3 is 5.69 Å². The molecule has 0 bridgehead atoms. The Labute approximate surface area is 109 Å². The predicted molar refractivity (Wildman–Crippen MR) is 62.4 cm³/mol. The van der Waals surface area contributed by atoms with E-state index in [4.69, 9.17) is 19.7 Å². The molecule has 18 heavy (non-hydrogen) atoms. The van der Waals surface area contributed by atoms with Crippen LogP contribution in [0.4, 0.5) is 4.39 Å². The van der Waals surface area contributed by atoms with Crippen molar-refractivity contribution in [2.24, 2.45) is 0 Å². The zero-order valence-electron chi connectivity index (χ0n) is 11.3. The zero-order chi connectivity index (χ0) is 15.3. The van der Waals surface area contributed by atoms with E-state index in [0.29, 0.717) is 0 Å². The van der Waals surface area contributed by atoms with Gasteiger partial charge in [0.15, 0.2) is 11.9 Å². The third kappa shape index (κ3) is 2.01. The Morgan fingerprint density at radius 3 is 3.00 bits per heavy atom. The summed E-state index contributed by atoms with van der Waals surface area (Å²) in [6, 6.07) is 1.32. The van der Waals surface area contributed by atoms with E-state index in [1.54, 1.807) is 0 Å². The summed E-state index contributed by atoms with van der Waals surface area (Å²) in [7, 11) is 0. The van der Waals surface area contributed by atoms with Gasteiger partial charge in [-0.3, -0.25) is 9.55 Å². The van der Waals surface area contributed by atoms with Gasteiger partial charge in [0.05, 0.1) is 9.30 Å². The fraction of sp³-hybridized carbons (Fsp3) is 0.600. The second-order valence-electron chi connectivity index (χ2n) is 4.15. The molecule has 6 nitrogen and oxygen atoms in total. The molecular formula is C10H13FN2O4S. The lowest BCUT2D eigenvalue weighted by Crippen LogP contribution is -2.42. The highest BCUT2D eigenvalue weighted by atomic mass is 32.1. The summed E-state index contributed by atoms with van der Waals surface area (Å²) in [5.41, 5.74) is -3.24. The molecule has 1 aromatic rings. The van der Waals surface area contributed by atoms with Crippen molar-refractivity contribution in [2.45, 2.75) is 31.0 Å². The Morgan fingerprint density at radius 1 is 1.83 bits per heavy atom. The van der Waals surface area contributed by atoms with Gasteiger partial charge in [-0.25, -0.2) is 9.18 Å². The summed E-state index contributed by atoms with van der Waals surface area (Å²) >= 11 is 4.74. The van der Waals surface area contributed by atoms with Crippen LogP contribution in [0.5, 0.6) is 0 Å². The Balaban J connectivity index is 2.47. The lowest BCUT2D eigenvalue weighted by Gasteiger charge is -2.24. The number of H-pyrrole nitrogens is 1. The van der Waals surface area contributed by atoms with Crippen molar-refractivity contribution in [1.29, 1.82) is 0 Å². The molecule has 0 amide bonds. The number of halogens is 1. The molecular weight excluding hydrogens is 263 g/mol. The summed E-state index contributed by atoms with van der Waals surface area (Å²) < 4.78 is 34.8. The van der Waals surface area contributed by atoms with Gasteiger partial charge in [-0.2, -0.15) is 0 Å². The first-order valence-electron chi connectivity index (χ1n) is 6.11. The molecule has 0 aliphatic carbocycles. The van der Waals surface area contributed by atoms with Crippen molar-refractivity contribution in [1.82, 2.24) is 9.55 Å². The number of aliphatic hydroxyl groups is 2. The molecule has 100 valence electrons. The number of rotatable bonds is 2. The summed E-state index contributed by atoms with van der Waals surface area (Å²) in [6.07, 6.45) is -4.18. The Bertz CT molecular complexity index is 627. The number of aromatic nitrogens is 2. The maximum Gasteiger partial charge on any atom is 0.328 e. The van der Waals surface area contributed by atoms with E-state index in [1.807, 2.05) is 0 Å². The molecule has 1 aromatic heterocycles. The lowest BCUT2D eigenvalue weighted by molar-refractivity contribution is -0.0611. The van der Waals surface area contributed by atoms with E-state index in [2.05, 4.69) is 4.98 Å². The van der Waals surface area contributed by atoms with Gasteiger partial charge in [-0.05, 0) is 13.0 Å². The van der Waals surface area contributed by atoms with Crippen LogP contribution in [0.15, 0.2) is 17.1 Å². The maximum absolute atomic E-state index is 14.6. The van der Waals surface area contributed by atoms with Crippen LogP contribution in [0.3, 0.4) is 0 Å². The van der Waals surface area contributed by atoms with E-state index < -0.39 is 36.4 Å². The summed E-state index contributed by atoms with van der Waals surface area (Å²) in [6.45, 7) is -1.99. The highest BCUT2D eigenvalue weighted by Gasteiger charge is 2.54. The van der Waals surface area contributed by atoms with Crippen molar-refractivity contribution >= 4 is 12.2 Å². The quantitative estimate of drug-likeness (QED) is 0.657. The topological polar surface area (TPSA) is 87.5 Å². The molecule has 1 unspecified atom stereocenters. The van der Waals surface area contributed by atoms with Gasteiger partial charge < -0.3 is 14.9 Å². The van der Waals surface area contributed by atoms with Gasteiger partial charge in [-0.15, -0.1) is 0 Å². The monoisotopic (exact) mass is 278 g/mol. The van der Waals surface area contributed by atoms with Crippen LogP contribution >= 0.6 is 12.2 Å². The molecule has 1 fully saturated rings. The molecule has 2 heterocycles. The number of nitrogens with zero attached hydrogens (tertiary/aromatic N) is 1. The Morgan fingerprint density at radius 2 is 2.50 bits per heavy atom. The molecule has 1 aliphatic heterocycles. The zero-order valence-corrected chi connectivity index (χ0v) is 10.1. The summed E-state index contributed by atoms with van der Waals surface area (Å²) in [4.78, 5) is 14.0. The van der Waals surface area contributed by atoms with Gasteiger partial charge in [0.2, 0.25) is 0 Å². The minimum atomic E-state index is -2.95. The molecule has 1 saturated heterocycles. The van der Waals surface area contributed by atoms with Gasteiger partial charge in [0.25, 0.3) is 0 Å². The van der Waals surface area contributed by atoms with Gasteiger partial charge in [0, 0.05) is 6.20 Å². The average molecular weight is 278 g/mol. The molecule has 1 aliphatic rings. The largest absolute Gasteiger partial charge is 0.394 e. The van der Waals surface area contributed by atoms with Crippen LogP contribution < -0.4 is 5.69 Å². The van der Waals surface area contributed by atoms with Gasteiger partial charge in [-0.1, -0.05) is 12.2 Å². The predicted octanol–water partition coefficient (Wildman–Crippen LogP) is -0.115. The SMILES string of the molecule is [2H]C([2H])(O)[C@H]1O[C@@H](n2ccc(=S)[nH]c2=O)C(C)(F)[C@H]1O. The van der Waals surface area contributed by atoms with E-state index >= 15 is 0 Å². The maximum atomic E-state index is 14.6. The van der Waals surface area contributed by atoms with Crippen molar-refractivity contribution in [3.8, 4) is 0 Å². The van der Waals surface area contributed by atoms with Crippen LogP contribution in [0, 0.1) is 4.64 Å². The van der Waals surface area contributed by atoms with Gasteiger partial charge in [0.1, 0.15) is 16.8 Å². The first-order chi connectivity index (χ1) is 9.05. The normalized spacial score (nSPS) is 38.3. The third-order valence-corrected chi connectivity index (χ3v) is 3.09. The van der Waals surface area contributed by atoms with E-state index in [1.165, 1.54) is 12.3 Å². The lowest BCUT2D eigenvalue weighted by atomic mass is 9.98. The fourth-order valence-electron chi connectivity index (χ4n) is 1.84. The number of aliphatic hydroxyl groups excluding tert-OH is 1. The smallest absolute Gasteiger partial charge is 0.328 e. The molecule has 0 radical (unpaired) electrons. The van der Waals surface area contributed by atoms with Crippen molar-refractivity contribution < 1.29 is 22.1 Å². The number of aromatic amines is 1. The minimum Gasteiger partial charge on any atom is -0.394 e. The molecule has 0 aromatic carbocycles. The molecule has 0 spiro atoms. The van der Waals surface area contributed by atoms with Crippen molar-refractivity contribution in [2.75, 3.05) is 6.56 Å². The molecule has 3 N–H and O–H groups in total. The number of ether oxygens (including phenoxy) is 1. The number of hydrogen-bond acceptors (Lipinski definition) is 5. The Hall–Kier alpha value is -1.09. The van der Waals surface area contributed by atoms with Crippen LogP contribution in [0.25, 0.3) is 0 Å². The average Bonchev–Trinajstić information content (AvgIpc) is 2.51. The molecule has 2 rings (SSSR count). The minimum absolute atomic E-state index is 0.138. The van der Waals surface area contributed by atoms with E-state index in [0.717, 1.165) is 11.5 Å². The van der Waals surface area contributed by atoms with Crippen LogP contribution in [0.1, 0.15) is 15.9 Å². The first-order valence-corrected chi connectivity index (χ1v) is 5.52. The van der Waals surface area contributed by atoms with Crippen molar-refractivity contribution in [3.63, 3.8) is 0 Å². The third-order valence-electron chi connectivity index (χ3n) is 2.85. The second kappa shape index (κ2) is 4.54. The van der Waals surface area contributed by atoms with Crippen LogP contribution in [0.2, 0.25) is 0 Å². The highest BCUT2D eigenvalue weighted by molar-refractivity contribution is 7.71. The second-order valence-corrected chi connectivity index (χ2v) is 4.59. The first kappa shape index (κ1) is 10.8. The fourth-order valence-corrected chi connectivity index (χ4v) is 1.99. The number of hydrogen-bond donors (Lipinski definition) is 3. The van der Waals surface area contributed by atoms with Crippen LogP contribution in [-0.4, -0.2) is 44.2 Å². The molecule has 0 saturated carbocycles.